The van der Waals surface area contributed by atoms with E-state index in [0.717, 1.165) is 24.2 Å². The smallest absolute Gasteiger partial charge is 0.118 e. The van der Waals surface area contributed by atoms with E-state index in [9.17, 15) is 20.4 Å². The van der Waals surface area contributed by atoms with Crippen LogP contribution in [0.4, 0.5) is 0 Å². The number of aliphatic hydroxyl groups is 4. The predicted octanol–water partition coefficient (Wildman–Crippen LogP) is 1.29. The first-order valence-corrected chi connectivity index (χ1v) is 9.60. The van der Waals surface area contributed by atoms with E-state index in [4.69, 9.17) is 9.47 Å². The van der Waals surface area contributed by atoms with Crippen LogP contribution < -0.4 is 4.74 Å². The molecule has 4 N–H and O–H groups in total. The molecular formula is C22H26O6. The van der Waals surface area contributed by atoms with Gasteiger partial charge >= 0.3 is 0 Å². The van der Waals surface area contributed by atoms with Crippen LogP contribution >= 0.6 is 0 Å². The quantitative estimate of drug-likeness (QED) is 0.632. The molecule has 0 bridgehead atoms. The van der Waals surface area contributed by atoms with Gasteiger partial charge in [0.05, 0.1) is 13.7 Å². The molecule has 2 aliphatic rings. The van der Waals surface area contributed by atoms with Gasteiger partial charge in [-0.3, -0.25) is 0 Å². The summed E-state index contributed by atoms with van der Waals surface area (Å²) in [5.41, 5.74) is 4.37. The molecule has 4 rings (SSSR count). The molecule has 0 unspecified atom stereocenters. The Morgan fingerprint density at radius 1 is 0.964 bits per heavy atom. The van der Waals surface area contributed by atoms with Crippen molar-refractivity contribution < 1.29 is 29.9 Å². The van der Waals surface area contributed by atoms with Crippen molar-refractivity contribution in [2.75, 3.05) is 13.7 Å². The first-order chi connectivity index (χ1) is 13.5. The maximum absolute atomic E-state index is 10.4. The van der Waals surface area contributed by atoms with Crippen molar-refractivity contribution in [3.8, 4) is 5.75 Å². The highest BCUT2D eigenvalue weighted by Crippen LogP contribution is 2.41. The molecule has 1 heterocycles. The molecular weight excluding hydrogens is 360 g/mol. The van der Waals surface area contributed by atoms with Crippen molar-refractivity contribution in [2.45, 2.75) is 49.3 Å². The van der Waals surface area contributed by atoms with E-state index < -0.39 is 37.1 Å². The number of aryl methyl sites for hydroxylation is 1. The Labute approximate surface area is 164 Å². The molecule has 2 aromatic rings. The molecule has 6 nitrogen and oxygen atoms in total. The van der Waals surface area contributed by atoms with Crippen LogP contribution in [0, 0.1) is 0 Å². The standard InChI is InChI=1S/C22H26O6/c1-27-15-7-4-12(5-8-15)16-9-6-13-2-3-14(10-17(13)16)22-21(26)20(25)19(24)18(11-23)28-22/h2-5,7-8,10,16,18-26H,6,9,11H2,1H3/t16-,18+,19+,20-,21+,22-/m0/s1. The summed E-state index contributed by atoms with van der Waals surface area (Å²) in [6, 6.07) is 14.0. The molecule has 1 fully saturated rings. The molecule has 1 aliphatic carbocycles. The summed E-state index contributed by atoms with van der Waals surface area (Å²) in [7, 11) is 1.65. The number of hydrogen-bond acceptors (Lipinski definition) is 6. The Kier molecular flexibility index (Phi) is 5.40. The molecule has 28 heavy (non-hydrogen) atoms. The van der Waals surface area contributed by atoms with Crippen LogP contribution in [0.15, 0.2) is 42.5 Å². The van der Waals surface area contributed by atoms with Gasteiger partial charge in [0.25, 0.3) is 0 Å². The zero-order chi connectivity index (χ0) is 19.8. The maximum Gasteiger partial charge on any atom is 0.118 e. The van der Waals surface area contributed by atoms with Gasteiger partial charge < -0.3 is 29.9 Å². The Balaban J connectivity index is 1.64. The summed E-state index contributed by atoms with van der Waals surface area (Å²) in [6.07, 6.45) is -3.73. The second-order valence-electron chi connectivity index (χ2n) is 7.57. The summed E-state index contributed by atoms with van der Waals surface area (Å²) < 4.78 is 11.0. The topological polar surface area (TPSA) is 99.4 Å². The number of fused-ring (bicyclic) bond motifs is 1. The van der Waals surface area contributed by atoms with E-state index in [1.54, 1.807) is 7.11 Å². The number of ether oxygens (including phenoxy) is 2. The van der Waals surface area contributed by atoms with E-state index in [2.05, 4.69) is 12.1 Å². The van der Waals surface area contributed by atoms with Gasteiger partial charge in [-0.25, -0.2) is 0 Å². The average molecular weight is 386 g/mol. The maximum atomic E-state index is 10.4. The van der Waals surface area contributed by atoms with E-state index >= 15 is 0 Å². The Bertz CT molecular complexity index is 818. The molecule has 1 saturated heterocycles. The fourth-order valence-corrected chi connectivity index (χ4v) is 4.36. The van der Waals surface area contributed by atoms with Crippen LogP contribution in [0.5, 0.6) is 5.75 Å². The van der Waals surface area contributed by atoms with E-state index in [1.165, 1.54) is 16.7 Å². The minimum atomic E-state index is -1.37. The highest BCUT2D eigenvalue weighted by molar-refractivity contribution is 5.46. The van der Waals surface area contributed by atoms with Crippen LogP contribution in [0.3, 0.4) is 0 Å². The Hall–Kier alpha value is -1.96. The number of hydrogen-bond donors (Lipinski definition) is 4. The first kappa shape index (κ1) is 19.4. The van der Waals surface area contributed by atoms with Crippen molar-refractivity contribution in [3.63, 3.8) is 0 Å². The van der Waals surface area contributed by atoms with Crippen molar-refractivity contribution >= 4 is 0 Å². The third-order valence-electron chi connectivity index (χ3n) is 5.99. The summed E-state index contributed by atoms with van der Waals surface area (Å²) in [4.78, 5) is 0. The van der Waals surface area contributed by atoms with Crippen LogP contribution in [-0.2, 0) is 11.2 Å². The molecule has 0 spiro atoms. The molecule has 2 aromatic carbocycles. The van der Waals surface area contributed by atoms with Gasteiger partial charge in [-0.1, -0.05) is 30.3 Å². The average Bonchev–Trinajstić information content (AvgIpc) is 3.15. The lowest BCUT2D eigenvalue weighted by molar-refractivity contribution is -0.231. The molecule has 0 radical (unpaired) electrons. The third-order valence-corrected chi connectivity index (χ3v) is 5.99. The van der Waals surface area contributed by atoms with Crippen molar-refractivity contribution in [1.82, 2.24) is 0 Å². The molecule has 0 amide bonds. The highest BCUT2D eigenvalue weighted by Gasteiger charge is 2.44. The fourth-order valence-electron chi connectivity index (χ4n) is 4.36. The lowest BCUT2D eigenvalue weighted by Crippen LogP contribution is -2.55. The number of methoxy groups -OCH3 is 1. The molecule has 0 saturated carbocycles. The van der Waals surface area contributed by atoms with Crippen LogP contribution in [-0.4, -0.2) is 58.6 Å². The number of benzene rings is 2. The number of rotatable bonds is 4. The van der Waals surface area contributed by atoms with E-state index in [1.807, 2.05) is 30.3 Å². The fraction of sp³-hybridized carbons (Fsp3) is 0.455. The summed E-state index contributed by atoms with van der Waals surface area (Å²) in [6.45, 7) is -0.430. The van der Waals surface area contributed by atoms with E-state index in [-0.39, 0.29) is 5.92 Å². The van der Waals surface area contributed by atoms with Crippen LogP contribution in [0.1, 0.15) is 40.7 Å². The van der Waals surface area contributed by atoms with Crippen molar-refractivity contribution in [1.29, 1.82) is 0 Å². The monoisotopic (exact) mass is 386 g/mol. The lowest BCUT2D eigenvalue weighted by Gasteiger charge is -2.40. The van der Waals surface area contributed by atoms with Crippen molar-refractivity contribution in [2.24, 2.45) is 0 Å². The molecule has 6 heteroatoms. The van der Waals surface area contributed by atoms with Gasteiger partial charge in [0, 0.05) is 5.92 Å². The van der Waals surface area contributed by atoms with Crippen LogP contribution in [0.2, 0.25) is 0 Å². The second kappa shape index (κ2) is 7.81. The van der Waals surface area contributed by atoms with Gasteiger partial charge in [-0.2, -0.15) is 0 Å². The van der Waals surface area contributed by atoms with E-state index in [0.29, 0.717) is 0 Å². The zero-order valence-corrected chi connectivity index (χ0v) is 15.7. The summed E-state index contributed by atoms with van der Waals surface area (Å²) >= 11 is 0. The molecule has 150 valence electrons. The summed E-state index contributed by atoms with van der Waals surface area (Å²) in [5.74, 6) is 1.06. The van der Waals surface area contributed by atoms with Crippen LogP contribution in [0.25, 0.3) is 0 Å². The van der Waals surface area contributed by atoms with Gasteiger partial charge in [-0.05, 0) is 47.2 Å². The third kappa shape index (κ3) is 3.32. The largest absolute Gasteiger partial charge is 0.497 e. The normalized spacial score (nSPS) is 32.2. The van der Waals surface area contributed by atoms with Crippen molar-refractivity contribution in [3.05, 3.63) is 64.7 Å². The highest BCUT2D eigenvalue weighted by atomic mass is 16.5. The Morgan fingerprint density at radius 3 is 2.36 bits per heavy atom. The second-order valence-corrected chi connectivity index (χ2v) is 7.57. The number of aliphatic hydroxyl groups excluding tert-OH is 4. The minimum Gasteiger partial charge on any atom is -0.497 e. The Morgan fingerprint density at radius 2 is 1.68 bits per heavy atom. The predicted molar refractivity (Wildman–Crippen MR) is 102 cm³/mol. The van der Waals surface area contributed by atoms with Gasteiger partial charge in [0.15, 0.2) is 0 Å². The molecule has 6 atom stereocenters. The van der Waals surface area contributed by atoms with Gasteiger partial charge in [0.1, 0.15) is 36.3 Å². The lowest BCUT2D eigenvalue weighted by atomic mass is 9.87. The first-order valence-electron chi connectivity index (χ1n) is 9.60. The molecule has 0 aromatic heterocycles. The molecule has 1 aliphatic heterocycles. The zero-order valence-electron chi connectivity index (χ0n) is 15.7. The summed E-state index contributed by atoms with van der Waals surface area (Å²) in [5, 5.41) is 40.0. The van der Waals surface area contributed by atoms with Gasteiger partial charge in [-0.15, -0.1) is 0 Å². The van der Waals surface area contributed by atoms with Gasteiger partial charge in [0.2, 0.25) is 0 Å². The minimum absolute atomic E-state index is 0.241. The SMILES string of the molecule is COc1ccc([C@@H]2CCc3ccc([C@@H]4O[C@H](CO)[C@@H](O)[C@H](O)[C@H]4O)cc32)cc1.